The third kappa shape index (κ3) is 5.31. The monoisotopic (exact) mass is 455 g/mol. The molecule has 170 valence electrons. The number of nitrogens with one attached hydrogen (secondary N) is 1. The number of anilines is 2. The Morgan fingerprint density at radius 1 is 1.00 bits per heavy atom. The zero-order chi connectivity index (χ0) is 22.6. The third-order valence-corrected chi connectivity index (χ3v) is 7.71. The second-order valence-corrected chi connectivity index (χ2v) is 10.1. The van der Waals surface area contributed by atoms with Gasteiger partial charge in [-0.3, -0.25) is 9.10 Å². The first kappa shape index (κ1) is 22.4. The lowest BCUT2D eigenvalue weighted by atomic mass is 10.1. The maximum Gasteiger partial charge on any atom is 0.244 e. The molecule has 4 rings (SSSR count). The first-order valence-corrected chi connectivity index (χ1v) is 12.5. The molecular weight excluding hydrogens is 426 g/mol. The van der Waals surface area contributed by atoms with Gasteiger partial charge in [-0.2, -0.15) is 0 Å². The molecular formula is C24H29N3O4S. The summed E-state index contributed by atoms with van der Waals surface area (Å²) in [6.45, 7) is 5.77. The zero-order valence-corrected chi connectivity index (χ0v) is 19.1. The van der Waals surface area contributed by atoms with E-state index in [2.05, 4.69) is 22.3 Å². The number of carbonyl (C=O) groups excluding carboxylic acids is 1. The lowest BCUT2D eigenvalue weighted by Gasteiger charge is -2.29. The molecule has 1 amide bonds. The normalized spacial score (nSPS) is 19.3. The summed E-state index contributed by atoms with van der Waals surface area (Å²) in [5.74, 6) is 0.0177. The highest BCUT2D eigenvalue weighted by atomic mass is 32.2. The molecule has 0 aliphatic carbocycles. The number of nitrogens with zero attached hydrogens (tertiary/aromatic N) is 2. The Morgan fingerprint density at radius 3 is 2.28 bits per heavy atom. The molecule has 2 aliphatic heterocycles. The number of benzene rings is 2. The van der Waals surface area contributed by atoms with Gasteiger partial charge < -0.3 is 15.0 Å². The predicted molar refractivity (Wildman–Crippen MR) is 127 cm³/mol. The number of ether oxygens (including phenoxy) is 1. The summed E-state index contributed by atoms with van der Waals surface area (Å²) in [6.07, 6.45) is 3.88. The Morgan fingerprint density at radius 2 is 1.66 bits per heavy atom. The van der Waals surface area contributed by atoms with Crippen LogP contribution in [0.25, 0.3) is 6.08 Å². The molecule has 0 spiro atoms. The van der Waals surface area contributed by atoms with E-state index < -0.39 is 10.0 Å². The molecule has 1 atom stereocenters. The maximum absolute atomic E-state index is 12.4. The molecule has 0 aromatic heterocycles. The molecule has 0 saturated carbocycles. The minimum absolute atomic E-state index is 0.117. The van der Waals surface area contributed by atoms with Crippen molar-refractivity contribution >= 4 is 33.4 Å². The first-order chi connectivity index (χ1) is 15.4. The highest BCUT2D eigenvalue weighted by Crippen LogP contribution is 2.24. The lowest BCUT2D eigenvalue weighted by molar-refractivity contribution is -0.117. The van der Waals surface area contributed by atoms with Crippen LogP contribution in [0.2, 0.25) is 0 Å². The topological polar surface area (TPSA) is 79.0 Å². The number of hydrogen-bond donors (Lipinski definition) is 1. The van der Waals surface area contributed by atoms with Gasteiger partial charge in [0.15, 0.2) is 0 Å². The molecule has 2 fully saturated rings. The summed E-state index contributed by atoms with van der Waals surface area (Å²) < 4.78 is 30.9. The van der Waals surface area contributed by atoms with Crippen LogP contribution in [0.5, 0.6) is 0 Å². The number of rotatable bonds is 6. The largest absolute Gasteiger partial charge is 0.378 e. The van der Waals surface area contributed by atoms with Crippen molar-refractivity contribution in [3.63, 3.8) is 0 Å². The van der Waals surface area contributed by atoms with Crippen LogP contribution in [0.15, 0.2) is 54.6 Å². The molecule has 1 unspecified atom stereocenters. The van der Waals surface area contributed by atoms with Gasteiger partial charge in [0.25, 0.3) is 0 Å². The molecule has 2 heterocycles. The van der Waals surface area contributed by atoms with E-state index in [-0.39, 0.29) is 17.7 Å². The predicted octanol–water partition coefficient (Wildman–Crippen LogP) is 2.95. The van der Waals surface area contributed by atoms with Crippen molar-refractivity contribution in [2.45, 2.75) is 19.4 Å². The molecule has 2 saturated heterocycles. The van der Waals surface area contributed by atoms with E-state index in [0.717, 1.165) is 37.4 Å². The Labute approximate surface area is 189 Å². The van der Waals surface area contributed by atoms with Crippen LogP contribution in [-0.2, 0) is 19.6 Å². The number of carbonyl (C=O) groups is 1. The zero-order valence-electron chi connectivity index (χ0n) is 18.2. The number of amides is 1. The molecule has 2 aromatic rings. The van der Waals surface area contributed by atoms with Crippen LogP contribution in [0.1, 0.15) is 30.5 Å². The van der Waals surface area contributed by atoms with Crippen molar-refractivity contribution in [2.75, 3.05) is 47.8 Å². The van der Waals surface area contributed by atoms with Gasteiger partial charge >= 0.3 is 0 Å². The minimum Gasteiger partial charge on any atom is -0.378 e. The van der Waals surface area contributed by atoms with Gasteiger partial charge in [-0.05, 0) is 54.8 Å². The van der Waals surface area contributed by atoms with Crippen LogP contribution in [0.3, 0.4) is 0 Å². The second kappa shape index (κ2) is 9.75. The highest BCUT2D eigenvalue weighted by Gasteiger charge is 2.28. The van der Waals surface area contributed by atoms with E-state index in [4.69, 9.17) is 4.74 Å². The van der Waals surface area contributed by atoms with Crippen molar-refractivity contribution < 1.29 is 17.9 Å². The van der Waals surface area contributed by atoms with Crippen molar-refractivity contribution in [1.29, 1.82) is 0 Å². The number of hydrogen-bond acceptors (Lipinski definition) is 5. The van der Waals surface area contributed by atoms with E-state index in [1.54, 1.807) is 18.2 Å². The Kier molecular flexibility index (Phi) is 6.81. The Hall–Kier alpha value is -2.84. The molecule has 32 heavy (non-hydrogen) atoms. The molecule has 2 aliphatic rings. The van der Waals surface area contributed by atoms with Crippen molar-refractivity contribution in [2.24, 2.45) is 0 Å². The Balaban J connectivity index is 1.32. The summed E-state index contributed by atoms with van der Waals surface area (Å²) in [7, 11) is -3.18. The Bertz CT molecular complexity index is 1060. The van der Waals surface area contributed by atoms with E-state index >= 15 is 0 Å². The van der Waals surface area contributed by atoms with Crippen LogP contribution >= 0.6 is 0 Å². The minimum atomic E-state index is -3.18. The van der Waals surface area contributed by atoms with Gasteiger partial charge in [0.2, 0.25) is 15.9 Å². The fourth-order valence-corrected chi connectivity index (χ4v) is 5.56. The van der Waals surface area contributed by atoms with Crippen LogP contribution in [0.4, 0.5) is 11.4 Å². The van der Waals surface area contributed by atoms with E-state index in [1.165, 1.54) is 16.1 Å². The average Bonchev–Trinajstić information content (AvgIpc) is 3.17. The van der Waals surface area contributed by atoms with E-state index in [0.29, 0.717) is 18.7 Å². The number of morpholine rings is 1. The lowest BCUT2D eigenvalue weighted by Crippen LogP contribution is -2.36. The fourth-order valence-electron chi connectivity index (χ4n) is 3.99. The maximum atomic E-state index is 12.4. The van der Waals surface area contributed by atoms with Crippen LogP contribution in [0, 0.1) is 0 Å². The molecule has 2 aromatic carbocycles. The molecule has 0 bridgehead atoms. The van der Waals surface area contributed by atoms with Gasteiger partial charge in [0.1, 0.15) is 0 Å². The smallest absolute Gasteiger partial charge is 0.244 e. The standard InChI is InChI=1S/C24H29N3O4S/c1-19(21-6-10-22(11-7-21)26-14-16-31-17-15-26)25-24(28)12-5-20-3-8-23(9-4-20)27-13-2-18-32(27,29)30/h3-12,19H,2,13-18H2,1H3,(H,25,28)/b12-5+. The summed E-state index contributed by atoms with van der Waals surface area (Å²) in [4.78, 5) is 14.7. The van der Waals surface area contributed by atoms with Gasteiger partial charge in [0.05, 0.1) is 30.7 Å². The average molecular weight is 456 g/mol. The van der Waals surface area contributed by atoms with Crippen molar-refractivity contribution in [1.82, 2.24) is 5.32 Å². The first-order valence-electron chi connectivity index (χ1n) is 10.9. The summed E-state index contributed by atoms with van der Waals surface area (Å²) in [6, 6.07) is 15.3. The summed E-state index contributed by atoms with van der Waals surface area (Å²) in [5.41, 5.74) is 3.71. The highest BCUT2D eigenvalue weighted by molar-refractivity contribution is 7.93. The van der Waals surface area contributed by atoms with E-state index in [1.807, 2.05) is 31.2 Å². The van der Waals surface area contributed by atoms with Crippen molar-refractivity contribution in [3.8, 4) is 0 Å². The molecule has 0 radical (unpaired) electrons. The molecule has 8 heteroatoms. The van der Waals surface area contributed by atoms with Gasteiger partial charge in [-0.15, -0.1) is 0 Å². The van der Waals surface area contributed by atoms with E-state index in [9.17, 15) is 13.2 Å². The third-order valence-electron chi connectivity index (χ3n) is 5.84. The quantitative estimate of drug-likeness (QED) is 0.678. The fraction of sp³-hybridized carbons (Fsp3) is 0.375. The van der Waals surface area contributed by atoms with Gasteiger partial charge in [-0.1, -0.05) is 24.3 Å². The molecule has 1 N–H and O–H groups in total. The van der Waals surface area contributed by atoms with Crippen LogP contribution in [-0.4, -0.2) is 52.9 Å². The SMILES string of the molecule is CC(NC(=O)/C=C/c1ccc(N2CCCS2(=O)=O)cc1)c1ccc(N2CCOCC2)cc1. The van der Waals surface area contributed by atoms with Crippen LogP contribution < -0.4 is 14.5 Å². The summed E-state index contributed by atoms with van der Waals surface area (Å²) >= 11 is 0. The van der Waals surface area contributed by atoms with Gasteiger partial charge in [0, 0.05) is 31.4 Å². The summed E-state index contributed by atoms with van der Waals surface area (Å²) in [5, 5.41) is 2.99. The van der Waals surface area contributed by atoms with Crippen molar-refractivity contribution in [3.05, 3.63) is 65.7 Å². The second-order valence-electron chi connectivity index (χ2n) is 8.09. The van der Waals surface area contributed by atoms with Gasteiger partial charge in [-0.25, -0.2) is 8.42 Å². The number of sulfonamides is 1. The molecule has 7 nitrogen and oxygen atoms in total.